The molecule has 2 heterocycles. The largest absolute Gasteiger partial charge is 0.385 e. The van der Waals surface area contributed by atoms with Crippen molar-refractivity contribution in [1.29, 1.82) is 0 Å². The predicted molar refractivity (Wildman–Crippen MR) is 107 cm³/mol. The van der Waals surface area contributed by atoms with Crippen molar-refractivity contribution in [2.45, 2.75) is 12.8 Å². The average Bonchev–Trinajstić information content (AvgIpc) is 3.10. The van der Waals surface area contributed by atoms with Gasteiger partial charge in [0.2, 0.25) is 0 Å². The van der Waals surface area contributed by atoms with Gasteiger partial charge in [0.1, 0.15) is 5.52 Å². The number of pyridine rings is 1. The van der Waals surface area contributed by atoms with Crippen LogP contribution in [0.5, 0.6) is 0 Å². The number of H-pyrrole nitrogens is 1. The number of nitrogens with zero attached hydrogens (tertiary/aromatic N) is 2. The summed E-state index contributed by atoms with van der Waals surface area (Å²) >= 11 is 0. The summed E-state index contributed by atoms with van der Waals surface area (Å²) < 4.78 is 5.04. The molecule has 0 bridgehead atoms. The van der Waals surface area contributed by atoms with Crippen molar-refractivity contribution in [2.24, 2.45) is 0 Å². The van der Waals surface area contributed by atoms with Crippen LogP contribution in [0, 0.1) is 0 Å². The number of anilines is 2. The third-order valence-corrected chi connectivity index (χ3v) is 4.52. The summed E-state index contributed by atoms with van der Waals surface area (Å²) in [5.74, 6) is 0.817. The number of hydrogen-bond acceptors (Lipinski definition) is 5. The highest BCUT2D eigenvalue weighted by Gasteiger charge is 2.11. The zero-order valence-corrected chi connectivity index (χ0v) is 15.0. The first kappa shape index (κ1) is 17.2. The average molecular weight is 360 g/mol. The molecule has 0 radical (unpaired) electrons. The Hall–Kier alpha value is -3.25. The monoisotopic (exact) mass is 360 g/mol. The minimum absolute atomic E-state index is 0.140. The normalized spacial score (nSPS) is 11.1. The highest BCUT2D eigenvalue weighted by molar-refractivity contribution is 6.08. The maximum absolute atomic E-state index is 12.5. The molecule has 2 N–H and O–H groups in total. The smallest absolute Gasteiger partial charge is 0.178 e. The molecule has 0 saturated heterocycles. The number of fused-ring (bicyclic) bond motifs is 2. The third-order valence-electron chi connectivity index (χ3n) is 4.52. The van der Waals surface area contributed by atoms with Gasteiger partial charge in [0.25, 0.3) is 0 Å². The van der Waals surface area contributed by atoms with E-state index in [-0.39, 0.29) is 5.78 Å². The topological polar surface area (TPSA) is 79.9 Å². The van der Waals surface area contributed by atoms with E-state index in [9.17, 15) is 4.79 Å². The second kappa shape index (κ2) is 7.55. The number of nitrogens with one attached hydrogen (secondary N) is 2. The number of benzene rings is 2. The number of rotatable bonds is 7. The minimum atomic E-state index is 0.140. The lowest BCUT2D eigenvalue weighted by Gasteiger charge is -2.09. The summed E-state index contributed by atoms with van der Waals surface area (Å²) in [6.07, 6.45) is 2.95. The van der Waals surface area contributed by atoms with Gasteiger partial charge in [0.15, 0.2) is 11.6 Å². The van der Waals surface area contributed by atoms with E-state index in [0.29, 0.717) is 18.8 Å². The molecule has 2 aromatic carbocycles. The Morgan fingerprint density at radius 1 is 1.19 bits per heavy atom. The zero-order chi connectivity index (χ0) is 18.6. The molecule has 6 nitrogen and oxygen atoms in total. The summed E-state index contributed by atoms with van der Waals surface area (Å²) in [4.78, 5) is 16.9. The molecule has 0 aliphatic carbocycles. The SMILES string of the molecule is COCCCC(=O)c1cccc2cc(Nc3n[nH]c4cccnc34)ccc12. The van der Waals surface area contributed by atoms with Gasteiger partial charge in [0, 0.05) is 37.6 Å². The fourth-order valence-corrected chi connectivity index (χ4v) is 3.19. The van der Waals surface area contributed by atoms with Gasteiger partial charge in [-0.05, 0) is 41.5 Å². The summed E-state index contributed by atoms with van der Waals surface area (Å²) in [5.41, 5.74) is 3.32. The summed E-state index contributed by atoms with van der Waals surface area (Å²) in [6, 6.07) is 15.6. The van der Waals surface area contributed by atoms with E-state index in [2.05, 4.69) is 20.5 Å². The number of hydrogen-bond donors (Lipinski definition) is 2. The molecule has 4 aromatic rings. The lowest BCUT2D eigenvalue weighted by Crippen LogP contribution is -2.02. The number of carbonyl (C=O) groups is 1. The van der Waals surface area contributed by atoms with Crippen molar-refractivity contribution in [1.82, 2.24) is 15.2 Å². The van der Waals surface area contributed by atoms with Gasteiger partial charge >= 0.3 is 0 Å². The molecule has 0 aliphatic rings. The molecule has 6 heteroatoms. The van der Waals surface area contributed by atoms with Crippen LogP contribution in [-0.4, -0.2) is 34.7 Å². The molecule has 0 spiro atoms. The van der Waals surface area contributed by atoms with Crippen LogP contribution >= 0.6 is 0 Å². The maximum Gasteiger partial charge on any atom is 0.178 e. The van der Waals surface area contributed by atoms with Crippen molar-refractivity contribution in [3.8, 4) is 0 Å². The van der Waals surface area contributed by atoms with Crippen molar-refractivity contribution in [2.75, 3.05) is 19.0 Å². The molecule has 0 atom stereocenters. The quantitative estimate of drug-likeness (QED) is 0.376. The van der Waals surface area contributed by atoms with E-state index in [1.807, 2.05) is 48.5 Å². The predicted octanol–water partition coefficient (Wildman–Crippen LogP) is 4.46. The fourth-order valence-electron chi connectivity index (χ4n) is 3.19. The first-order valence-corrected chi connectivity index (χ1v) is 8.87. The Morgan fingerprint density at radius 3 is 3.00 bits per heavy atom. The van der Waals surface area contributed by atoms with Crippen LogP contribution in [0.3, 0.4) is 0 Å². The van der Waals surface area contributed by atoms with Gasteiger partial charge in [0.05, 0.1) is 5.52 Å². The number of aromatic amines is 1. The Bertz CT molecular complexity index is 1100. The van der Waals surface area contributed by atoms with Gasteiger partial charge in [-0.25, -0.2) is 0 Å². The second-order valence-corrected chi connectivity index (χ2v) is 6.36. The van der Waals surface area contributed by atoms with Crippen molar-refractivity contribution in [3.05, 3.63) is 60.3 Å². The summed E-state index contributed by atoms with van der Waals surface area (Å²) in [7, 11) is 1.65. The molecule has 0 unspecified atom stereocenters. The highest BCUT2D eigenvalue weighted by atomic mass is 16.5. The minimum Gasteiger partial charge on any atom is -0.385 e. The van der Waals surface area contributed by atoms with Crippen molar-refractivity contribution < 1.29 is 9.53 Å². The molecule has 136 valence electrons. The number of ketones is 1. The number of ether oxygens (including phenoxy) is 1. The molecule has 27 heavy (non-hydrogen) atoms. The van der Waals surface area contributed by atoms with Crippen LogP contribution in [-0.2, 0) is 4.74 Å². The van der Waals surface area contributed by atoms with Crippen LogP contribution in [0.4, 0.5) is 11.5 Å². The van der Waals surface area contributed by atoms with E-state index in [1.165, 1.54) is 0 Å². The van der Waals surface area contributed by atoms with Gasteiger partial charge in [-0.3, -0.25) is 14.9 Å². The Morgan fingerprint density at radius 2 is 2.11 bits per heavy atom. The van der Waals surface area contributed by atoms with Crippen LogP contribution in [0.25, 0.3) is 21.8 Å². The van der Waals surface area contributed by atoms with E-state index < -0.39 is 0 Å². The Labute approximate surface area is 156 Å². The Kier molecular flexibility index (Phi) is 4.80. The van der Waals surface area contributed by atoms with Crippen LogP contribution in [0.1, 0.15) is 23.2 Å². The standard InChI is InChI=1S/C21H20N4O2/c1-27-12-4-8-19(26)17-6-2-5-14-13-15(9-10-16(14)17)23-21-20-18(24-25-21)7-3-11-22-20/h2-3,5-7,9-11,13H,4,8,12H2,1H3,(H2,23,24,25). The third kappa shape index (κ3) is 3.52. The zero-order valence-electron chi connectivity index (χ0n) is 15.0. The second-order valence-electron chi connectivity index (χ2n) is 6.36. The molecule has 0 saturated carbocycles. The first-order valence-electron chi connectivity index (χ1n) is 8.87. The van der Waals surface area contributed by atoms with Crippen LogP contribution < -0.4 is 5.32 Å². The van der Waals surface area contributed by atoms with Crippen LogP contribution in [0.15, 0.2) is 54.7 Å². The summed E-state index contributed by atoms with van der Waals surface area (Å²) in [5, 5.41) is 12.5. The maximum atomic E-state index is 12.5. The number of methoxy groups -OCH3 is 1. The molecule has 4 rings (SSSR count). The Balaban J connectivity index is 1.62. The molecule has 2 aromatic heterocycles. The van der Waals surface area contributed by atoms with Crippen LogP contribution in [0.2, 0.25) is 0 Å². The van der Waals surface area contributed by atoms with E-state index >= 15 is 0 Å². The molecule has 0 fully saturated rings. The fraction of sp³-hybridized carbons (Fsp3) is 0.190. The first-order chi connectivity index (χ1) is 13.3. The molecule has 0 amide bonds. The van der Waals surface area contributed by atoms with Gasteiger partial charge < -0.3 is 10.1 Å². The molecular weight excluding hydrogens is 340 g/mol. The van der Waals surface area contributed by atoms with Crippen molar-refractivity contribution >= 4 is 39.1 Å². The molecule has 0 aliphatic heterocycles. The lowest BCUT2D eigenvalue weighted by atomic mass is 9.98. The number of carbonyl (C=O) groups excluding carboxylic acids is 1. The van der Waals surface area contributed by atoms with E-state index in [4.69, 9.17) is 4.74 Å². The lowest BCUT2D eigenvalue weighted by molar-refractivity contribution is 0.0965. The van der Waals surface area contributed by atoms with Gasteiger partial charge in [-0.2, -0.15) is 5.10 Å². The van der Waals surface area contributed by atoms with Gasteiger partial charge in [-0.1, -0.05) is 24.3 Å². The van der Waals surface area contributed by atoms with Gasteiger partial charge in [-0.15, -0.1) is 0 Å². The molecular formula is C21H20N4O2. The van der Waals surface area contributed by atoms with E-state index in [1.54, 1.807) is 13.3 Å². The number of Topliss-reactive ketones (excluding diaryl/α,β-unsaturated/α-hetero) is 1. The summed E-state index contributed by atoms with van der Waals surface area (Å²) in [6.45, 7) is 0.593. The number of aromatic nitrogens is 3. The van der Waals surface area contributed by atoms with E-state index in [0.717, 1.165) is 39.5 Å². The van der Waals surface area contributed by atoms with Crippen molar-refractivity contribution in [3.63, 3.8) is 0 Å². The highest BCUT2D eigenvalue weighted by Crippen LogP contribution is 2.27.